The molecule has 0 heterocycles. The van der Waals surface area contributed by atoms with Crippen molar-refractivity contribution in [3.05, 3.63) is 108 Å². The molecule has 8 heteroatoms. The summed E-state index contributed by atoms with van der Waals surface area (Å²) in [5.74, 6) is 4.33. The average Bonchev–Trinajstić information content (AvgIpc) is 3.02. The minimum absolute atomic E-state index is 0.127. The molecule has 0 N–H and O–H groups in total. The van der Waals surface area contributed by atoms with Gasteiger partial charge >= 0.3 is 5.97 Å². The van der Waals surface area contributed by atoms with Crippen molar-refractivity contribution in [2.45, 2.75) is 46.2 Å². The Labute approximate surface area is 277 Å². The van der Waals surface area contributed by atoms with Crippen LogP contribution in [0, 0.1) is 5.41 Å². The molecule has 5 nitrogen and oxygen atoms in total. The van der Waals surface area contributed by atoms with E-state index in [2.05, 4.69) is 36.4 Å². The van der Waals surface area contributed by atoms with Gasteiger partial charge in [0.2, 0.25) is 0 Å². The van der Waals surface area contributed by atoms with Gasteiger partial charge in [-0.05, 0) is 37.5 Å². The summed E-state index contributed by atoms with van der Waals surface area (Å²) in [6, 6.07) is 30.6. The first-order valence-electron chi connectivity index (χ1n) is 15.2. The highest BCUT2D eigenvalue weighted by molar-refractivity contribution is 8.01. The second-order valence-corrected chi connectivity index (χ2v) is 14.9. The van der Waals surface area contributed by atoms with E-state index in [9.17, 15) is 4.79 Å². The molecular formula is C36H48O5S3. The van der Waals surface area contributed by atoms with Crippen LogP contribution in [0.3, 0.4) is 0 Å². The van der Waals surface area contributed by atoms with Crippen LogP contribution in [0.4, 0.5) is 0 Å². The van der Waals surface area contributed by atoms with Gasteiger partial charge in [-0.25, -0.2) is 0 Å². The van der Waals surface area contributed by atoms with Gasteiger partial charge in [-0.2, -0.15) is 35.3 Å². The smallest absolute Gasteiger partial charge is 0.315 e. The van der Waals surface area contributed by atoms with E-state index in [0.717, 1.165) is 33.9 Å². The van der Waals surface area contributed by atoms with Crippen LogP contribution in [0.15, 0.2) is 91.0 Å². The number of carbonyl (C=O) groups is 1. The van der Waals surface area contributed by atoms with E-state index in [-0.39, 0.29) is 5.97 Å². The predicted octanol–water partition coefficient (Wildman–Crippen LogP) is 8.16. The molecule has 3 aromatic carbocycles. The van der Waals surface area contributed by atoms with E-state index in [1.165, 1.54) is 0 Å². The Bertz CT molecular complexity index is 1030. The highest BCUT2D eigenvalue weighted by Gasteiger charge is 2.41. The van der Waals surface area contributed by atoms with E-state index < -0.39 is 11.0 Å². The van der Waals surface area contributed by atoms with Crippen molar-refractivity contribution in [3.63, 3.8) is 0 Å². The third-order valence-corrected chi connectivity index (χ3v) is 10.1. The summed E-state index contributed by atoms with van der Waals surface area (Å²) in [6.45, 7) is 9.49. The topological polar surface area (TPSA) is 54.0 Å². The molecule has 0 atom stereocenters. The molecule has 0 saturated carbocycles. The molecule has 3 rings (SSSR count). The first kappa shape index (κ1) is 36.5. The molecule has 0 fully saturated rings. The van der Waals surface area contributed by atoms with Gasteiger partial charge in [0.1, 0.15) is 5.60 Å². The maximum Gasteiger partial charge on any atom is 0.315 e. The van der Waals surface area contributed by atoms with Crippen LogP contribution < -0.4 is 0 Å². The first-order chi connectivity index (χ1) is 21.4. The lowest BCUT2D eigenvalue weighted by atomic mass is 9.95. The molecular weight excluding hydrogens is 609 g/mol. The summed E-state index contributed by atoms with van der Waals surface area (Å²) < 4.78 is 23.8. The molecule has 0 aromatic heterocycles. The molecule has 0 aliphatic rings. The average molecular weight is 657 g/mol. The van der Waals surface area contributed by atoms with Crippen molar-refractivity contribution in [1.82, 2.24) is 0 Å². The summed E-state index contributed by atoms with van der Waals surface area (Å²) in [5, 5.41) is 0. The highest BCUT2D eigenvalue weighted by Crippen LogP contribution is 2.35. The zero-order chi connectivity index (χ0) is 31.4. The quantitative estimate of drug-likeness (QED) is 0.0793. The molecule has 0 unspecified atom stereocenters. The Balaban J connectivity index is 1.54. The molecule has 0 saturated heterocycles. The maximum atomic E-state index is 13.8. The van der Waals surface area contributed by atoms with Crippen LogP contribution in [0.5, 0.6) is 0 Å². The van der Waals surface area contributed by atoms with Gasteiger partial charge in [0, 0.05) is 34.5 Å². The number of carbonyl (C=O) groups excluding carboxylic acids is 1. The van der Waals surface area contributed by atoms with Gasteiger partial charge in [0.05, 0.1) is 45.1 Å². The van der Waals surface area contributed by atoms with E-state index >= 15 is 0 Å². The molecule has 0 radical (unpaired) electrons. The zero-order valence-corrected chi connectivity index (χ0v) is 28.9. The number of thioether (sulfide) groups is 3. The lowest BCUT2D eigenvalue weighted by molar-refractivity contribution is -0.163. The fourth-order valence-electron chi connectivity index (χ4n) is 4.14. The highest BCUT2D eigenvalue weighted by atomic mass is 32.2. The lowest BCUT2D eigenvalue weighted by Gasteiger charge is -2.34. The summed E-state index contributed by atoms with van der Waals surface area (Å²) in [6.07, 6.45) is 0. The largest absolute Gasteiger partial charge is 0.459 e. The van der Waals surface area contributed by atoms with Gasteiger partial charge < -0.3 is 18.9 Å². The summed E-state index contributed by atoms with van der Waals surface area (Å²) in [4.78, 5) is 13.8. The van der Waals surface area contributed by atoms with Gasteiger partial charge in [-0.3, -0.25) is 4.79 Å². The molecule has 0 amide bonds. The van der Waals surface area contributed by atoms with Crippen molar-refractivity contribution in [1.29, 1.82) is 0 Å². The van der Waals surface area contributed by atoms with Crippen molar-refractivity contribution >= 4 is 41.3 Å². The van der Waals surface area contributed by atoms with Crippen LogP contribution in [-0.4, -0.2) is 65.9 Å². The van der Waals surface area contributed by atoms with Gasteiger partial charge in [0.25, 0.3) is 0 Å². The third kappa shape index (κ3) is 15.4. The number of rotatable bonds is 22. The van der Waals surface area contributed by atoms with Crippen LogP contribution in [-0.2, 0) is 43.6 Å². The standard InChI is InChI=1S/C36H48O5S3/c1-35(2,3)41-34(37)36(28-42-22-19-38-25-31-13-7-4-8-14-31,29-43-23-20-39-26-32-15-9-5-10-16-32)30-44-24-21-40-27-33-17-11-6-12-18-33/h4-18H,19-30H2,1-3H3. The molecule has 240 valence electrons. The predicted molar refractivity (Wildman–Crippen MR) is 189 cm³/mol. The van der Waals surface area contributed by atoms with Crippen molar-refractivity contribution in [3.8, 4) is 0 Å². The van der Waals surface area contributed by atoms with Crippen LogP contribution in [0.1, 0.15) is 37.5 Å². The van der Waals surface area contributed by atoms with Gasteiger partial charge in [-0.15, -0.1) is 0 Å². The van der Waals surface area contributed by atoms with E-state index in [1.54, 1.807) is 35.3 Å². The van der Waals surface area contributed by atoms with E-state index in [1.807, 2.05) is 75.4 Å². The number of hydrogen-bond donors (Lipinski definition) is 0. The van der Waals surface area contributed by atoms with Gasteiger partial charge in [-0.1, -0.05) is 91.0 Å². The Morgan fingerprint density at radius 3 is 1.16 bits per heavy atom. The number of benzene rings is 3. The molecule has 3 aromatic rings. The molecule has 0 bridgehead atoms. The first-order valence-corrected chi connectivity index (χ1v) is 18.6. The van der Waals surface area contributed by atoms with Crippen LogP contribution in [0.25, 0.3) is 0 Å². The fourth-order valence-corrected chi connectivity index (χ4v) is 7.80. The van der Waals surface area contributed by atoms with Crippen LogP contribution >= 0.6 is 35.3 Å². The second kappa shape index (κ2) is 21.0. The number of ether oxygens (including phenoxy) is 4. The Kier molecular flexibility index (Phi) is 17.4. The molecule has 0 aliphatic heterocycles. The molecule has 44 heavy (non-hydrogen) atoms. The minimum Gasteiger partial charge on any atom is -0.459 e. The molecule has 0 spiro atoms. The second-order valence-electron chi connectivity index (χ2n) is 11.6. The summed E-state index contributed by atoms with van der Waals surface area (Å²) >= 11 is 5.30. The monoisotopic (exact) mass is 656 g/mol. The van der Waals surface area contributed by atoms with E-state index in [0.29, 0.717) is 56.9 Å². The van der Waals surface area contributed by atoms with Gasteiger partial charge in [0.15, 0.2) is 0 Å². The Morgan fingerprint density at radius 2 is 0.864 bits per heavy atom. The van der Waals surface area contributed by atoms with E-state index in [4.69, 9.17) is 18.9 Å². The maximum absolute atomic E-state index is 13.8. The number of esters is 1. The third-order valence-electron chi connectivity index (χ3n) is 6.42. The summed E-state index contributed by atoms with van der Waals surface area (Å²) in [5.41, 5.74) is 2.30. The zero-order valence-electron chi connectivity index (χ0n) is 26.4. The Hall–Kier alpha value is -1.94. The normalized spacial score (nSPS) is 11.9. The Morgan fingerprint density at radius 1 is 0.545 bits per heavy atom. The fraction of sp³-hybridized carbons (Fsp3) is 0.472. The minimum atomic E-state index is -0.633. The van der Waals surface area contributed by atoms with Crippen molar-refractivity contribution in [2.75, 3.05) is 54.3 Å². The van der Waals surface area contributed by atoms with Crippen molar-refractivity contribution in [2.24, 2.45) is 5.41 Å². The summed E-state index contributed by atoms with van der Waals surface area (Å²) in [7, 11) is 0. The lowest BCUT2D eigenvalue weighted by Crippen LogP contribution is -2.44. The SMILES string of the molecule is CC(C)(C)OC(=O)C(CSCCOCc1ccccc1)(CSCCOCc1ccccc1)CSCCOCc1ccccc1. The van der Waals surface area contributed by atoms with Crippen molar-refractivity contribution < 1.29 is 23.7 Å². The molecule has 0 aliphatic carbocycles. The number of hydrogen-bond acceptors (Lipinski definition) is 8. The van der Waals surface area contributed by atoms with Crippen LogP contribution in [0.2, 0.25) is 0 Å².